The number of pyridine rings is 1. The van der Waals surface area contributed by atoms with E-state index in [0.29, 0.717) is 46.2 Å². The zero-order valence-electron chi connectivity index (χ0n) is 18.5. The molecular formula is C25H22F2N4O2S2. The number of thioether (sulfide) groups is 2. The first kappa shape index (κ1) is 24.9. The van der Waals surface area contributed by atoms with Gasteiger partial charge in [0.05, 0.1) is 5.69 Å². The predicted octanol–water partition coefficient (Wildman–Crippen LogP) is 5.60. The van der Waals surface area contributed by atoms with Crippen LogP contribution in [0.5, 0.6) is 0 Å². The first-order valence-electron chi connectivity index (χ1n) is 10.8. The predicted molar refractivity (Wildman–Crippen MR) is 136 cm³/mol. The van der Waals surface area contributed by atoms with Gasteiger partial charge in [-0.3, -0.25) is 19.5 Å². The molecule has 1 aromatic heterocycles. The summed E-state index contributed by atoms with van der Waals surface area (Å²) in [6.45, 7) is 0.359. The van der Waals surface area contributed by atoms with Gasteiger partial charge in [-0.2, -0.15) is 8.78 Å². The summed E-state index contributed by atoms with van der Waals surface area (Å²) in [5, 5.41) is 2.67. The molecule has 2 heterocycles. The lowest BCUT2D eigenvalue weighted by Gasteiger charge is -2.16. The molecule has 180 valence electrons. The van der Waals surface area contributed by atoms with Crippen molar-refractivity contribution in [3.63, 3.8) is 0 Å². The minimum Gasteiger partial charge on any atom is -0.326 e. The van der Waals surface area contributed by atoms with Crippen LogP contribution in [0.25, 0.3) is 0 Å². The number of amidine groups is 1. The number of benzene rings is 2. The molecule has 0 bridgehead atoms. The van der Waals surface area contributed by atoms with Crippen LogP contribution in [0.1, 0.15) is 12.1 Å². The van der Waals surface area contributed by atoms with E-state index in [1.807, 2.05) is 36.4 Å². The molecule has 1 saturated heterocycles. The van der Waals surface area contributed by atoms with E-state index >= 15 is 0 Å². The number of aliphatic imine (C=N–C) groups is 1. The number of halogens is 2. The Morgan fingerprint density at radius 1 is 1.09 bits per heavy atom. The number of nitrogens with zero attached hydrogens (tertiary/aromatic N) is 3. The number of anilines is 1. The number of amides is 2. The van der Waals surface area contributed by atoms with Crippen molar-refractivity contribution in [2.75, 3.05) is 11.9 Å². The molecule has 10 heteroatoms. The molecule has 1 atom stereocenters. The molecule has 0 aliphatic carbocycles. The molecule has 0 saturated carbocycles. The molecule has 1 aliphatic rings. The number of nitrogens with one attached hydrogen (secondary N) is 1. The second-order valence-electron chi connectivity index (χ2n) is 7.55. The van der Waals surface area contributed by atoms with Crippen LogP contribution in [-0.2, 0) is 16.0 Å². The van der Waals surface area contributed by atoms with Crippen LogP contribution in [-0.4, -0.2) is 44.4 Å². The SMILES string of the molecule is O=C(C[C@@H]1SC(=Nc2ccc(SC(F)F)cc2)N(CCc2ccccn2)C1=O)Nc1ccccc1. The highest BCUT2D eigenvalue weighted by Crippen LogP contribution is 2.33. The van der Waals surface area contributed by atoms with E-state index in [2.05, 4.69) is 15.3 Å². The first-order chi connectivity index (χ1) is 17.0. The van der Waals surface area contributed by atoms with Gasteiger partial charge >= 0.3 is 0 Å². The second-order valence-corrected chi connectivity index (χ2v) is 9.79. The third-order valence-electron chi connectivity index (χ3n) is 5.05. The summed E-state index contributed by atoms with van der Waals surface area (Å²) in [4.78, 5) is 36.7. The number of rotatable bonds is 9. The van der Waals surface area contributed by atoms with E-state index in [-0.39, 0.29) is 18.2 Å². The quantitative estimate of drug-likeness (QED) is 0.378. The van der Waals surface area contributed by atoms with Gasteiger partial charge in [-0.25, -0.2) is 4.99 Å². The van der Waals surface area contributed by atoms with Crippen LogP contribution in [0.2, 0.25) is 0 Å². The molecule has 4 rings (SSSR count). The van der Waals surface area contributed by atoms with Crippen LogP contribution >= 0.6 is 23.5 Å². The second kappa shape index (κ2) is 11.9. The normalized spacial score (nSPS) is 16.8. The van der Waals surface area contributed by atoms with Gasteiger partial charge in [0.1, 0.15) is 5.25 Å². The lowest BCUT2D eigenvalue weighted by atomic mass is 10.2. The Balaban J connectivity index is 1.50. The number of hydrogen-bond acceptors (Lipinski definition) is 6. The average molecular weight is 513 g/mol. The number of para-hydroxylation sites is 1. The Hall–Kier alpha value is -3.24. The maximum absolute atomic E-state index is 13.2. The van der Waals surface area contributed by atoms with Gasteiger partial charge in [0.25, 0.3) is 5.76 Å². The summed E-state index contributed by atoms with van der Waals surface area (Å²) in [5.74, 6) is -2.96. The van der Waals surface area contributed by atoms with Gasteiger partial charge in [0, 0.05) is 41.9 Å². The molecule has 3 aromatic rings. The summed E-state index contributed by atoms with van der Waals surface area (Å²) in [6.07, 6.45) is 2.22. The lowest BCUT2D eigenvalue weighted by Crippen LogP contribution is -2.35. The zero-order chi connectivity index (χ0) is 24.6. The fraction of sp³-hybridized carbons (Fsp3) is 0.200. The third-order valence-corrected chi connectivity index (χ3v) is 6.95. The molecule has 0 spiro atoms. The van der Waals surface area contributed by atoms with E-state index < -0.39 is 11.0 Å². The molecule has 2 amide bonds. The van der Waals surface area contributed by atoms with Gasteiger partial charge in [-0.1, -0.05) is 47.8 Å². The molecule has 2 aromatic carbocycles. The van der Waals surface area contributed by atoms with Crippen LogP contribution in [0.15, 0.2) is 88.9 Å². The highest BCUT2D eigenvalue weighted by atomic mass is 32.2. The fourth-order valence-electron chi connectivity index (χ4n) is 3.42. The summed E-state index contributed by atoms with van der Waals surface area (Å²) < 4.78 is 25.2. The van der Waals surface area contributed by atoms with Crippen molar-refractivity contribution in [1.82, 2.24) is 9.88 Å². The summed E-state index contributed by atoms with van der Waals surface area (Å²) in [6, 6.07) is 21.1. The molecule has 1 fully saturated rings. The Morgan fingerprint density at radius 3 is 2.51 bits per heavy atom. The highest BCUT2D eigenvalue weighted by Gasteiger charge is 2.39. The van der Waals surface area contributed by atoms with Crippen molar-refractivity contribution < 1.29 is 18.4 Å². The molecule has 1 aliphatic heterocycles. The Morgan fingerprint density at radius 2 is 1.83 bits per heavy atom. The first-order valence-corrected chi connectivity index (χ1v) is 12.6. The number of aromatic nitrogens is 1. The van der Waals surface area contributed by atoms with Crippen LogP contribution in [0, 0.1) is 0 Å². The van der Waals surface area contributed by atoms with Crippen molar-refractivity contribution in [2.24, 2.45) is 4.99 Å². The monoisotopic (exact) mass is 512 g/mol. The van der Waals surface area contributed by atoms with E-state index in [1.165, 1.54) is 11.8 Å². The third kappa shape index (κ3) is 7.12. The minimum atomic E-state index is -2.50. The fourth-order valence-corrected chi connectivity index (χ4v) is 5.10. The molecule has 0 radical (unpaired) electrons. The number of hydrogen-bond donors (Lipinski definition) is 1. The van der Waals surface area contributed by atoms with E-state index in [1.54, 1.807) is 47.5 Å². The van der Waals surface area contributed by atoms with Crippen molar-refractivity contribution in [3.8, 4) is 0 Å². The van der Waals surface area contributed by atoms with Gasteiger partial charge in [0.15, 0.2) is 5.17 Å². The lowest BCUT2D eigenvalue weighted by molar-refractivity contribution is -0.128. The van der Waals surface area contributed by atoms with Crippen LogP contribution in [0.3, 0.4) is 0 Å². The van der Waals surface area contributed by atoms with Crippen molar-refractivity contribution in [2.45, 2.75) is 28.7 Å². The van der Waals surface area contributed by atoms with Gasteiger partial charge in [-0.05, 0) is 48.5 Å². The molecular weight excluding hydrogens is 490 g/mol. The smallest absolute Gasteiger partial charge is 0.288 e. The Bertz CT molecular complexity index is 1180. The van der Waals surface area contributed by atoms with Gasteiger partial charge < -0.3 is 5.32 Å². The molecule has 6 nitrogen and oxygen atoms in total. The van der Waals surface area contributed by atoms with Gasteiger partial charge in [0.2, 0.25) is 11.8 Å². The maximum atomic E-state index is 13.2. The van der Waals surface area contributed by atoms with E-state index in [0.717, 1.165) is 5.69 Å². The summed E-state index contributed by atoms with van der Waals surface area (Å²) in [5.41, 5.74) is 2.04. The highest BCUT2D eigenvalue weighted by molar-refractivity contribution is 8.15. The standard InChI is InChI=1S/C25H22F2N4O2S2/c26-24(27)34-20-11-9-19(10-12-20)30-25-31(15-13-17-6-4-5-14-28-17)23(33)21(35-25)16-22(32)29-18-7-2-1-3-8-18/h1-12,14,21,24H,13,15-16H2,(H,29,32)/t21-/m0/s1. The zero-order valence-corrected chi connectivity index (χ0v) is 20.1. The largest absolute Gasteiger partial charge is 0.326 e. The Labute approximate surface area is 210 Å². The van der Waals surface area contributed by atoms with Crippen LogP contribution in [0.4, 0.5) is 20.2 Å². The van der Waals surface area contributed by atoms with Crippen LogP contribution < -0.4 is 5.32 Å². The molecule has 35 heavy (non-hydrogen) atoms. The molecule has 1 N–H and O–H groups in total. The van der Waals surface area contributed by atoms with E-state index in [4.69, 9.17) is 0 Å². The summed E-state index contributed by atoms with van der Waals surface area (Å²) >= 11 is 1.69. The maximum Gasteiger partial charge on any atom is 0.288 e. The topological polar surface area (TPSA) is 74.7 Å². The summed E-state index contributed by atoms with van der Waals surface area (Å²) in [7, 11) is 0. The van der Waals surface area contributed by atoms with E-state index in [9.17, 15) is 18.4 Å². The molecule has 0 unspecified atom stereocenters. The van der Waals surface area contributed by atoms with Crippen molar-refractivity contribution in [1.29, 1.82) is 0 Å². The van der Waals surface area contributed by atoms with Gasteiger partial charge in [-0.15, -0.1) is 0 Å². The Kier molecular flexibility index (Phi) is 8.49. The van der Waals surface area contributed by atoms with Crippen molar-refractivity contribution in [3.05, 3.63) is 84.7 Å². The average Bonchev–Trinajstić information content (AvgIpc) is 3.13. The number of alkyl halides is 2. The minimum absolute atomic E-state index is 0.00146. The number of carbonyl (C=O) groups excluding carboxylic acids is 2. The number of carbonyl (C=O) groups is 2. The van der Waals surface area contributed by atoms with Crippen molar-refractivity contribution >= 4 is 51.9 Å².